The van der Waals surface area contributed by atoms with Crippen molar-refractivity contribution in [3.63, 3.8) is 0 Å². The highest BCUT2D eigenvalue weighted by Gasteiger charge is 2.24. The normalized spacial score (nSPS) is 16.8. The molecule has 0 aliphatic carbocycles. The highest BCUT2D eigenvalue weighted by atomic mass is 32.2. The Balaban J connectivity index is 1.92. The minimum Gasteiger partial charge on any atom is -0.454 e. The summed E-state index contributed by atoms with van der Waals surface area (Å²) in [4.78, 5) is 4.90. The number of oxime groups is 1. The van der Waals surface area contributed by atoms with Crippen molar-refractivity contribution in [1.82, 2.24) is 0 Å². The SMILES string of the molecule is CS(=O)(=O)N(CC1=NOCC1)c1ccc2c(c1)OCO2. The third kappa shape index (κ3) is 2.51. The molecule has 0 saturated heterocycles. The standard InChI is InChI=1S/C12H14N2O5S/c1-20(15,16)14(7-9-4-5-19-13-9)10-2-3-11-12(6-10)18-8-17-11/h2-3,6H,4-5,7-8H2,1H3. The van der Waals surface area contributed by atoms with Gasteiger partial charge in [-0.3, -0.25) is 4.31 Å². The van der Waals surface area contributed by atoms with E-state index in [9.17, 15) is 8.42 Å². The molecule has 0 fully saturated rings. The number of anilines is 1. The van der Waals surface area contributed by atoms with Crippen LogP contribution in [0.3, 0.4) is 0 Å². The zero-order chi connectivity index (χ0) is 14.2. The summed E-state index contributed by atoms with van der Waals surface area (Å²) in [6.07, 6.45) is 1.80. The van der Waals surface area contributed by atoms with Gasteiger partial charge in [0.2, 0.25) is 16.8 Å². The minimum absolute atomic E-state index is 0.151. The lowest BCUT2D eigenvalue weighted by molar-refractivity contribution is 0.173. The third-order valence-electron chi connectivity index (χ3n) is 3.05. The van der Waals surface area contributed by atoms with Gasteiger partial charge in [0.25, 0.3) is 0 Å². The first-order valence-electron chi connectivity index (χ1n) is 6.09. The average Bonchev–Trinajstić information content (AvgIpc) is 3.05. The van der Waals surface area contributed by atoms with E-state index < -0.39 is 10.0 Å². The molecule has 20 heavy (non-hydrogen) atoms. The molecule has 1 aromatic rings. The molecule has 0 amide bonds. The molecule has 108 valence electrons. The zero-order valence-electron chi connectivity index (χ0n) is 10.9. The van der Waals surface area contributed by atoms with Crippen molar-refractivity contribution in [2.45, 2.75) is 6.42 Å². The van der Waals surface area contributed by atoms with Crippen LogP contribution in [0.2, 0.25) is 0 Å². The molecule has 0 bridgehead atoms. The van der Waals surface area contributed by atoms with E-state index in [2.05, 4.69) is 5.16 Å². The van der Waals surface area contributed by atoms with Crippen LogP contribution in [-0.4, -0.2) is 40.3 Å². The van der Waals surface area contributed by atoms with Crippen molar-refractivity contribution < 1.29 is 22.7 Å². The van der Waals surface area contributed by atoms with E-state index in [-0.39, 0.29) is 13.3 Å². The third-order valence-corrected chi connectivity index (χ3v) is 4.19. The quantitative estimate of drug-likeness (QED) is 0.827. The van der Waals surface area contributed by atoms with E-state index in [0.717, 1.165) is 6.26 Å². The summed E-state index contributed by atoms with van der Waals surface area (Å²) in [6, 6.07) is 5.04. The van der Waals surface area contributed by atoms with Gasteiger partial charge in [0.1, 0.15) is 6.61 Å². The molecule has 1 aromatic carbocycles. The molecule has 2 aliphatic rings. The summed E-state index contributed by atoms with van der Waals surface area (Å²) in [5, 5.41) is 3.84. The Labute approximate surface area is 116 Å². The number of fused-ring (bicyclic) bond motifs is 1. The molecule has 0 saturated carbocycles. The van der Waals surface area contributed by atoms with Crippen LogP contribution in [-0.2, 0) is 14.9 Å². The van der Waals surface area contributed by atoms with Gasteiger partial charge in [-0.05, 0) is 12.1 Å². The average molecular weight is 298 g/mol. The zero-order valence-corrected chi connectivity index (χ0v) is 11.7. The number of hydrogen-bond acceptors (Lipinski definition) is 6. The van der Waals surface area contributed by atoms with Crippen LogP contribution in [0.1, 0.15) is 6.42 Å². The fraction of sp³-hybridized carbons (Fsp3) is 0.417. The molecule has 0 aromatic heterocycles. The molecule has 7 nitrogen and oxygen atoms in total. The number of benzene rings is 1. The Morgan fingerprint density at radius 2 is 2.10 bits per heavy atom. The molecule has 2 aliphatic heterocycles. The predicted octanol–water partition coefficient (Wildman–Crippen LogP) is 0.958. The molecular weight excluding hydrogens is 284 g/mol. The topological polar surface area (TPSA) is 77.4 Å². The first-order valence-corrected chi connectivity index (χ1v) is 7.94. The number of nitrogens with zero attached hydrogens (tertiary/aromatic N) is 2. The smallest absolute Gasteiger partial charge is 0.232 e. The van der Waals surface area contributed by atoms with Gasteiger partial charge in [0.15, 0.2) is 11.5 Å². The summed E-state index contributed by atoms with van der Waals surface area (Å²) < 4.78 is 35.7. The van der Waals surface area contributed by atoms with Crippen LogP contribution in [0, 0.1) is 0 Å². The van der Waals surface area contributed by atoms with Gasteiger partial charge in [0.05, 0.1) is 24.2 Å². The van der Waals surface area contributed by atoms with E-state index in [0.29, 0.717) is 35.9 Å². The van der Waals surface area contributed by atoms with E-state index >= 15 is 0 Å². The van der Waals surface area contributed by atoms with E-state index in [1.165, 1.54) is 4.31 Å². The first kappa shape index (κ1) is 13.0. The fourth-order valence-corrected chi connectivity index (χ4v) is 2.94. The highest BCUT2D eigenvalue weighted by molar-refractivity contribution is 7.92. The second-order valence-corrected chi connectivity index (χ2v) is 6.45. The lowest BCUT2D eigenvalue weighted by atomic mass is 10.2. The van der Waals surface area contributed by atoms with E-state index in [1.807, 2.05) is 0 Å². The van der Waals surface area contributed by atoms with Crippen molar-refractivity contribution in [3.05, 3.63) is 18.2 Å². The molecular formula is C12H14N2O5S. The number of sulfonamides is 1. The molecule has 2 heterocycles. The summed E-state index contributed by atoms with van der Waals surface area (Å²) in [5.41, 5.74) is 1.22. The van der Waals surface area contributed by atoms with Gasteiger partial charge >= 0.3 is 0 Å². The largest absolute Gasteiger partial charge is 0.454 e. The monoisotopic (exact) mass is 298 g/mol. The molecule has 0 atom stereocenters. The summed E-state index contributed by atoms with van der Waals surface area (Å²) in [7, 11) is -3.42. The lowest BCUT2D eigenvalue weighted by Crippen LogP contribution is -2.34. The molecule has 3 rings (SSSR count). The maximum atomic E-state index is 12.0. The van der Waals surface area contributed by atoms with Gasteiger partial charge in [-0.1, -0.05) is 5.16 Å². The van der Waals surface area contributed by atoms with Gasteiger partial charge in [0, 0.05) is 12.5 Å². The number of hydrogen-bond donors (Lipinski definition) is 0. The second kappa shape index (κ2) is 4.86. The van der Waals surface area contributed by atoms with Gasteiger partial charge < -0.3 is 14.3 Å². The van der Waals surface area contributed by atoms with Gasteiger partial charge in [-0.2, -0.15) is 0 Å². The molecule has 0 N–H and O–H groups in total. The lowest BCUT2D eigenvalue weighted by Gasteiger charge is -2.22. The maximum Gasteiger partial charge on any atom is 0.232 e. The summed E-state index contributed by atoms with van der Waals surface area (Å²) in [5.74, 6) is 1.16. The maximum absolute atomic E-state index is 12.0. The van der Waals surface area contributed by atoms with Crippen LogP contribution >= 0.6 is 0 Å². The van der Waals surface area contributed by atoms with E-state index in [4.69, 9.17) is 14.3 Å². The Morgan fingerprint density at radius 1 is 1.30 bits per heavy atom. The molecule has 0 radical (unpaired) electrons. The van der Waals surface area contributed by atoms with Crippen molar-refractivity contribution >= 4 is 21.4 Å². The fourth-order valence-electron chi connectivity index (χ4n) is 2.06. The van der Waals surface area contributed by atoms with Crippen LogP contribution in [0.15, 0.2) is 23.4 Å². The first-order chi connectivity index (χ1) is 9.54. The van der Waals surface area contributed by atoms with Crippen molar-refractivity contribution in [2.24, 2.45) is 5.16 Å². The molecule has 0 spiro atoms. The number of rotatable bonds is 4. The van der Waals surface area contributed by atoms with Gasteiger partial charge in [-0.25, -0.2) is 8.42 Å². The Morgan fingerprint density at radius 3 is 2.80 bits per heavy atom. The predicted molar refractivity (Wildman–Crippen MR) is 72.8 cm³/mol. The Kier molecular flexibility index (Phi) is 3.17. The van der Waals surface area contributed by atoms with Crippen LogP contribution < -0.4 is 13.8 Å². The van der Waals surface area contributed by atoms with E-state index in [1.54, 1.807) is 18.2 Å². The van der Waals surface area contributed by atoms with Crippen LogP contribution in [0.25, 0.3) is 0 Å². The Bertz CT molecular complexity index is 656. The highest BCUT2D eigenvalue weighted by Crippen LogP contribution is 2.36. The van der Waals surface area contributed by atoms with Crippen LogP contribution in [0.4, 0.5) is 5.69 Å². The number of ether oxygens (including phenoxy) is 2. The van der Waals surface area contributed by atoms with Crippen LogP contribution in [0.5, 0.6) is 11.5 Å². The van der Waals surface area contributed by atoms with Crippen molar-refractivity contribution in [3.8, 4) is 11.5 Å². The molecule has 0 unspecified atom stereocenters. The van der Waals surface area contributed by atoms with Crippen molar-refractivity contribution in [2.75, 3.05) is 30.5 Å². The Hall–Kier alpha value is -1.96. The summed E-state index contributed by atoms with van der Waals surface area (Å²) in [6.45, 7) is 0.824. The molecule has 8 heteroatoms. The summed E-state index contributed by atoms with van der Waals surface area (Å²) >= 11 is 0. The second-order valence-electron chi connectivity index (χ2n) is 4.55. The minimum atomic E-state index is -3.42. The van der Waals surface area contributed by atoms with Crippen molar-refractivity contribution in [1.29, 1.82) is 0 Å². The van der Waals surface area contributed by atoms with Gasteiger partial charge in [-0.15, -0.1) is 0 Å².